The number of furan rings is 1. The molecule has 2 rings (SSSR count). The molecule has 1 amide bonds. The van der Waals surface area contributed by atoms with E-state index in [2.05, 4.69) is 5.32 Å². The van der Waals surface area contributed by atoms with Crippen molar-refractivity contribution in [1.29, 1.82) is 0 Å². The number of amides is 1. The van der Waals surface area contributed by atoms with Gasteiger partial charge in [-0.05, 0) is 55.5 Å². The van der Waals surface area contributed by atoms with Crippen LogP contribution in [0.3, 0.4) is 0 Å². The molecule has 118 valence electrons. The summed E-state index contributed by atoms with van der Waals surface area (Å²) >= 11 is 0. The zero-order valence-electron chi connectivity index (χ0n) is 13.3. The predicted molar refractivity (Wildman–Crippen MR) is 84.0 cm³/mol. The van der Waals surface area contributed by atoms with Crippen LogP contribution in [0.1, 0.15) is 41.9 Å². The van der Waals surface area contributed by atoms with Crippen LogP contribution < -0.4 is 5.32 Å². The fraction of sp³-hybridized carbons (Fsp3) is 0.412. The molecule has 0 radical (unpaired) electrons. The highest BCUT2D eigenvalue weighted by atomic mass is 16.4. The summed E-state index contributed by atoms with van der Waals surface area (Å²) in [7, 11) is 0. The zero-order chi connectivity index (χ0) is 16.4. The quantitative estimate of drug-likeness (QED) is 0.888. The topological polar surface area (TPSA) is 79.5 Å². The molecule has 1 aromatic heterocycles. The Hall–Kier alpha value is -2.30. The average molecular weight is 303 g/mol. The number of fused-ring (bicyclic) bond motifs is 1. The van der Waals surface area contributed by atoms with Crippen molar-refractivity contribution in [3.63, 3.8) is 0 Å². The molecule has 2 N–H and O–H groups in total. The Morgan fingerprint density at radius 1 is 1.18 bits per heavy atom. The Morgan fingerprint density at radius 2 is 1.82 bits per heavy atom. The van der Waals surface area contributed by atoms with E-state index < -0.39 is 17.9 Å². The number of aryl methyl sites for hydroxylation is 2. The summed E-state index contributed by atoms with van der Waals surface area (Å²) in [6.45, 7) is 7.79. The molecule has 0 aliphatic heterocycles. The van der Waals surface area contributed by atoms with E-state index in [1.165, 1.54) is 0 Å². The maximum absolute atomic E-state index is 12.2. The second kappa shape index (κ2) is 6.22. The second-order valence-corrected chi connectivity index (χ2v) is 6.08. The van der Waals surface area contributed by atoms with E-state index in [4.69, 9.17) is 4.42 Å². The molecule has 2 aromatic rings. The van der Waals surface area contributed by atoms with Gasteiger partial charge in [0.1, 0.15) is 11.6 Å². The van der Waals surface area contributed by atoms with Gasteiger partial charge < -0.3 is 14.8 Å². The monoisotopic (exact) mass is 303 g/mol. The minimum atomic E-state index is -1.04. The van der Waals surface area contributed by atoms with Crippen LogP contribution >= 0.6 is 0 Å². The zero-order valence-corrected chi connectivity index (χ0v) is 13.3. The fourth-order valence-electron chi connectivity index (χ4n) is 2.34. The number of hydrogen-bond acceptors (Lipinski definition) is 3. The van der Waals surface area contributed by atoms with Crippen molar-refractivity contribution in [2.75, 3.05) is 0 Å². The summed E-state index contributed by atoms with van der Waals surface area (Å²) in [6.07, 6.45) is 0.375. The van der Waals surface area contributed by atoms with Crippen molar-refractivity contribution >= 4 is 22.8 Å². The van der Waals surface area contributed by atoms with Crippen LogP contribution in [0.4, 0.5) is 0 Å². The number of hydrogen-bond donors (Lipinski definition) is 2. The maximum Gasteiger partial charge on any atom is 0.326 e. The van der Waals surface area contributed by atoms with Crippen molar-refractivity contribution in [1.82, 2.24) is 5.32 Å². The lowest BCUT2D eigenvalue weighted by Crippen LogP contribution is -2.41. The molecule has 0 aliphatic carbocycles. The molecule has 5 heteroatoms. The van der Waals surface area contributed by atoms with Gasteiger partial charge in [0.15, 0.2) is 5.76 Å². The first kappa shape index (κ1) is 16.1. The summed E-state index contributed by atoms with van der Waals surface area (Å²) in [6, 6.07) is 4.56. The van der Waals surface area contributed by atoms with Crippen molar-refractivity contribution in [2.24, 2.45) is 5.92 Å². The van der Waals surface area contributed by atoms with Gasteiger partial charge in [0, 0.05) is 5.39 Å². The average Bonchev–Trinajstić information content (AvgIpc) is 2.80. The molecule has 1 heterocycles. The molecule has 22 heavy (non-hydrogen) atoms. The lowest BCUT2D eigenvalue weighted by Gasteiger charge is -2.15. The van der Waals surface area contributed by atoms with Crippen LogP contribution in [0.5, 0.6) is 0 Å². The molecule has 0 fully saturated rings. The van der Waals surface area contributed by atoms with Crippen LogP contribution in [0.2, 0.25) is 0 Å². The third-order valence-electron chi connectivity index (χ3n) is 3.67. The normalized spacial score (nSPS) is 12.6. The first-order valence-electron chi connectivity index (χ1n) is 7.32. The summed E-state index contributed by atoms with van der Waals surface area (Å²) < 4.78 is 5.55. The lowest BCUT2D eigenvalue weighted by molar-refractivity contribution is -0.139. The minimum Gasteiger partial charge on any atom is -0.480 e. The molecule has 0 aliphatic rings. The summed E-state index contributed by atoms with van der Waals surface area (Å²) in [5, 5.41) is 12.5. The summed E-state index contributed by atoms with van der Waals surface area (Å²) in [5.41, 5.74) is 2.82. The van der Waals surface area contributed by atoms with Gasteiger partial charge in [-0.3, -0.25) is 4.79 Å². The molecule has 0 spiro atoms. The van der Waals surface area contributed by atoms with E-state index >= 15 is 0 Å². The first-order chi connectivity index (χ1) is 10.3. The number of carbonyl (C=O) groups is 2. The van der Waals surface area contributed by atoms with Gasteiger partial charge in [-0.1, -0.05) is 13.8 Å². The van der Waals surface area contributed by atoms with Gasteiger partial charge in [-0.25, -0.2) is 4.79 Å². The number of benzene rings is 1. The number of carbonyl (C=O) groups excluding carboxylic acids is 1. The van der Waals surface area contributed by atoms with Gasteiger partial charge in [0.25, 0.3) is 5.91 Å². The summed E-state index contributed by atoms with van der Waals surface area (Å²) in [5.74, 6) is -1.23. The van der Waals surface area contributed by atoms with Gasteiger partial charge in [-0.15, -0.1) is 0 Å². The molecule has 5 nitrogen and oxygen atoms in total. The molecule has 1 aromatic carbocycles. The van der Waals surface area contributed by atoms with Gasteiger partial charge in [0.05, 0.1) is 0 Å². The predicted octanol–water partition coefficient (Wildman–Crippen LogP) is 3.28. The number of nitrogens with one attached hydrogen (secondary N) is 1. The Kier molecular flexibility index (Phi) is 4.54. The van der Waals surface area contributed by atoms with Crippen LogP contribution in [0.25, 0.3) is 11.0 Å². The van der Waals surface area contributed by atoms with Crippen molar-refractivity contribution < 1.29 is 19.1 Å². The number of carboxylic acids is 1. The van der Waals surface area contributed by atoms with Crippen molar-refractivity contribution in [2.45, 2.75) is 40.2 Å². The fourth-order valence-corrected chi connectivity index (χ4v) is 2.34. The largest absolute Gasteiger partial charge is 0.480 e. The van der Waals surface area contributed by atoms with Crippen molar-refractivity contribution in [3.8, 4) is 0 Å². The Balaban J connectivity index is 2.23. The maximum atomic E-state index is 12.2. The third kappa shape index (κ3) is 3.47. The van der Waals surface area contributed by atoms with E-state index in [1.54, 1.807) is 6.07 Å². The molecule has 0 saturated heterocycles. The van der Waals surface area contributed by atoms with E-state index in [0.29, 0.717) is 12.0 Å². The Bertz CT molecular complexity index is 676. The van der Waals surface area contributed by atoms with Crippen LogP contribution in [0, 0.1) is 19.8 Å². The molecule has 1 atom stereocenters. The van der Waals surface area contributed by atoms with Crippen LogP contribution in [-0.4, -0.2) is 23.0 Å². The smallest absolute Gasteiger partial charge is 0.326 e. The first-order valence-corrected chi connectivity index (χ1v) is 7.32. The molecular formula is C17H21NO4. The highest BCUT2D eigenvalue weighted by Gasteiger charge is 2.23. The second-order valence-electron chi connectivity index (χ2n) is 6.08. The SMILES string of the molecule is Cc1cc2cc(C(=O)NC(CC(C)C)C(=O)O)oc2cc1C. The van der Waals surface area contributed by atoms with Gasteiger partial charge in [-0.2, -0.15) is 0 Å². The number of rotatable bonds is 5. The minimum absolute atomic E-state index is 0.134. The van der Waals surface area contributed by atoms with Crippen molar-refractivity contribution in [3.05, 3.63) is 35.1 Å². The molecule has 0 bridgehead atoms. The number of aliphatic carboxylic acids is 1. The molecular weight excluding hydrogens is 282 g/mol. The Labute approximate surface area is 129 Å². The van der Waals surface area contributed by atoms with Gasteiger partial charge >= 0.3 is 5.97 Å². The van der Waals surface area contributed by atoms with Crippen LogP contribution in [0.15, 0.2) is 22.6 Å². The standard InChI is InChI=1S/C17H21NO4/c1-9(2)5-13(17(20)21)18-16(19)15-8-12-6-10(3)11(4)7-14(12)22-15/h6-9,13H,5H2,1-4H3,(H,18,19)(H,20,21). The Morgan fingerprint density at radius 3 is 2.41 bits per heavy atom. The van der Waals surface area contributed by atoms with Crippen LogP contribution in [-0.2, 0) is 4.79 Å². The van der Waals surface area contributed by atoms with E-state index in [9.17, 15) is 14.7 Å². The highest BCUT2D eigenvalue weighted by Crippen LogP contribution is 2.23. The van der Waals surface area contributed by atoms with E-state index in [0.717, 1.165) is 16.5 Å². The molecule has 1 unspecified atom stereocenters. The van der Waals surface area contributed by atoms with E-state index in [-0.39, 0.29) is 11.7 Å². The number of carboxylic acid groups (broad SMARTS) is 1. The van der Waals surface area contributed by atoms with Gasteiger partial charge in [0.2, 0.25) is 0 Å². The third-order valence-corrected chi connectivity index (χ3v) is 3.67. The van der Waals surface area contributed by atoms with E-state index in [1.807, 2.05) is 39.8 Å². The molecule has 0 saturated carbocycles. The lowest BCUT2D eigenvalue weighted by atomic mass is 10.0. The highest BCUT2D eigenvalue weighted by molar-refractivity contribution is 5.98. The summed E-state index contributed by atoms with van der Waals surface area (Å²) in [4.78, 5) is 23.4.